The summed E-state index contributed by atoms with van der Waals surface area (Å²) in [6, 6.07) is 0. The summed E-state index contributed by atoms with van der Waals surface area (Å²) in [6.45, 7) is 9.21. The van der Waals surface area contributed by atoms with E-state index >= 15 is 0 Å². The van der Waals surface area contributed by atoms with E-state index in [-0.39, 0.29) is 17.5 Å². The van der Waals surface area contributed by atoms with Crippen molar-refractivity contribution in [3.63, 3.8) is 0 Å². The van der Waals surface area contributed by atoms with Gasteiger partial charge < -0.3 is 4.74 Å². The van der Waals surface area contributed by atoms with Crippen molar-refractivity contribution in [3.05, 3.63) is 0 Å². The molecular formula is C23H36O2. The highest BCUT2D eigenvalue weighted by Gasteiger charge is 2.56. The fourth-order valence-corrected chi connectivity index (χ4v) is 8.68. The molecule has 0 aromatic rings. The Bertz CT molecular complexity index is 534. The topological polar surface area (TPSA) is 26.3 Å². The molecule has 0 aliphatic heterocycles. The van der Waals surface area contributed by atoms with E-state index in [0.717, 1.165) is 41.9 Å². The van der Waals surface area contributed by atoms with Crippen molar-refractivity contribution >= 4 is 5.97 Å². The van der Waals surface area contributed by atoms with E-state index in [2.05, 4.69) is 27.7 Å². The van der Waals surface area contributed by atoms with E-state index in [1.165, 1.54) is 38.5 Å². The van der Waals surface area contributed by atoms with Crippen molar-refractivity contribution in [2.24, 2.45) is 59.2 Å². The molecule has 0 aromatic heterocycles. The SMILES string of the molecule is CC1C2CC(C(=O)OC(C)(C)C3C4CC5CC(C4)CC3C5)C(C2)C1C. The molecular weight excluding hydrogens is 308 g/mol. The van der Waals surface area contributed by atoms with Crippen LogP contribution in [-0.2, 0) is 9.53 Å². The van der Waals surface area contributed by atoms with E-state index in [9.17, 15) is 4.79 Å². The molecule has 25 heavy (non-hydrogen) atoms. The molecule has 6 aliphatic carbocycles. The second-order valence-corrected chi connectivity index (χ2v) is 11.2. The first-order valence-corrected chi connectivity index (χ1v) is 11.1. The third kappa shape index (κ3) is 2.45. The van der Waals surface area contributed by atoms with Crippen LogP contribution in [0.15, 0.2) is 0 Å². The first-order chi connectivity index (χ1) is 11.8. The predicted molar refractivity (Wildman–Crippen MR) is 98.7 cm³/mol. The molecule has 0 heterocycles. The number of carbonyl (C=O) groups excluding carboxylic acids is 1. The van der Waals surface area contributed by atoms with E-state index < -0.39 is 0 Å². The maximum Gasteiger partial charge on any atom is 0.309 e. The zero-order chi connectivity index (χ0) is 17.5. The molecule has 0 N–H and O–H groups in total. The summed E-state index contributed by atoms with van der Waals surface area (Å²) in [5.41, 5.74) is -0.267. The summed E-state index contributed by atoms with van der Waals surface area (Å²) in [7, 11) is 0. The van der Waals surface area contributed by atoms with Gasteiger partial charge in [-0.3, -0.25) is 4.79 Å². The molecule has 0 amide bonds. The molecule has 0 aromatic carbocycles. The summed E-state index contributed by atoms with van der Waals surface area (Å²) < 4.78 is 6.34. The van der Waals surface area contributed by atoms with E-state index in [1.54, 1.807) is 0 Å². The van der Waals surface area contributed by atoms with Crippen molar-refractivity contribution in [2.75, 3.05) is 0 Å². The number of esters is 1. The first-order valence-electron chi connectivity index (χ1n) is 11.1. The lowest BCUT2D eigenvalue weighted by molar-refractivity contribution is -0.187. The fourth-order valence-electron chi connectivity index (χ4n) is 8.68. The lowest BCUT2D eigenvalue weighted by Gasteiger charge is -2.58. The summed E-state index contributed by atoms with van der Waals surface area (Å²) in [6.07, 6.45) is 9.46. The van der Waals surface area contributed by atoms with Crippen LogP contribution in [0.1, 0.15) is 72.6 Å². The van der Waals surface area contributed by atoms with Crippen molar-refractivity contribution in [2.45, 2.75) is 78.2 Å². The van der Waals surface area contributed by atoms with Crippen LogP contribution in [0.4, 0.5) is 0 Å². The minimum absolute atomic E-state index is 0.144. The summed E-state index contributed by atoms with van der Waals surface area (Å²) in [4.78, 5) is 13.1. The van der Waals surface area contributed by atoms with Gasteiger partial charge in [0.25, 0.3) is 0 Å². The van der Waals surface area contributed by atoms with Crippen LogP contribution in [0.25, 0.3) is 0 Å². The zero-order valence-electron chi connectivity index (χ0n) is 16.5. The predicted octanol–water partition coefficient (Wildman–Crippen LogP) is 5.31. The Kier molecular flexibility index (Phi) is 3.65. The van der Waals surface area contributed by atoms with Crippen molar-refractivity contribution in [3.8, 4) is 0 Å². The minimum Gasteiger partial charge on any atom is -0.459 e. The molecule has 140 valence electrons. The molecule has 5 atom stereocenters. The lowest BCUT2D eigenvalue weighted by Crippen LogP contribution is -2.54. The maximum absolute atomic E-state index is 13.1. The second-order valence-electron chi connectivity index (χ2n) is 11.2. The number of fused-ring (bicyclic) bond motifs is 2. The minimum atomic E-state index is -0.267. The third-order valence-electron chi connectivity index (χ3n) is 9.59. The van der Waals surface area contributed by atoms with E-state index in [1.807, 2.05) is 0 Å². The molecule has 6 saturated carbocycles. The van der Waals surface area contributed by atoms with Crippen LogP contribution in [0.5, 0.6) is 0 Å². The van der Waals surface area contributed by atoms with Crippen LogP contribution in [0.3, 0.4) is 0 Å². The van der Waals surface area contributed by atoms with Gasteiger partial charge in [-0.1, -0.05) is 13.8 Å². The highest BCUT2D eigenvalue weighted by molar-refractivity contribution is 5.74. The molecule has 6 rings (SSSR count). The van der Waals surface area contributed by atoms with Gasteiger partial charge in [0.15, 0.2) is 0 Å². The van der Waals surface area contributed by atoms with Gasteiger partial charge >= 0.3 is 5.97 Å². The lowest BCUT2D eigenvalue weighted by atomic mass is 9.49. The van der Waals surface area contributed by atoms with Gasteiger partial charge in [0.2, 0.25) is 0 Å². The molecule has 6 fully saturated rings. The normalized spacial score (nSPS) is 53.4. The average Bonchev–Trinajstić information content (AvgIpc) is 3.06. The van der Waals surface area contributed by atoms with Crippen molar-refractivity contribution in [1.29, 1.82) is 0 Å². The Balaban J connectivity index is 1.30. The summed E-state index contributed by atoms with van der Waals surface area (Å²) in [5, 5.41) is 0. The summed E-state index contributed by atoms with van der Waals surface area (Å²) in [5.74, 6) is 7.39. The van der Waals surface area contributed by atoms with Crippen LogP contribution < -0.4 is 0 Å². The highest BCUT2D eigenvalue weighted by atomic mass is 16.6. The fraction of sp³-hybridized carbons (Fsp3) is 0.957. The number of ether oxygens (including phenoxy) is 1. The third-order valence-corrected chi connectivity index (χ3v) is 9.59. The highest BCUT2D eigenvalue weighted by Crippen LogP contribution is 2.60. The molecule has 0 radical (unpaired) electrons. The smallest absolute Gasteiger partial charge is 0.309 e. The van der Waals surface area contributed by atoms with Crippen molar-refractivity contribution < 1.29 is 9.53 Å². The summed E-state index contributed by atoms with van der Waals surface area (Å²) >= 11 is 0. The number of hydrogen-bond acceptors (Lipinski definition) is 2. The van der Waals surface area contributed by atoms with E-state index in [4.69, 9.17) is 4.74 Å². The van der Waals surface area contributed by atoms with E-state index in [0.29, 0.717) is 17.8 Å². The Hall–Kier alpha value is -0.530. The molecule has 0 saturated heterocycles. The average molecular weight is 345 g/mol. The zero-order valence-corrected chi connectivity index (χ0v) is 16.5. The molecule has 2 nitrogen and oxygen atoms in total. The molecule has 6 bridgehead atoms. The standard InChI is InChI=1S/C23H36O2/c1-12-13(2)19-10-16(12)11-20(19)22(24)25-23(3,4)21-17-6-14-5-15(8-17)9-18(21)7-14/h12-21H,5-11H2,1-4H3. The number of carbonyl (C=O) groups is 1. The Labute approximate surface area is 153 Å². The largest absolute Gasteiger partial charge is 0.459 e. The van der Waals surface area contributed by atoms with Crippen LogP contribution >= 0.6 is 0 Å². The van der Waals surface area contributed by atoms with Gasteiger partial charge in [-0.05, 0) is 106 Å². The molecule has 2 heteroatoms. The van der Waals surface area contributed by atoms with Crippen molar-refractivity contribution in [1.82, 2.24) is 0 Å². The second kappa shape index (κ2) is 5.49. The number of rotatable bonds is 3. The van der Waals surface area contributed by atoms with Gasteiger partial charge in [0.1, 0.15) is 5.60 Å². The molecule has 5 unspecified atom stereocenters. The van der Waals surface area contributed by atoms with Crippen LogP contribution in [-0.4, -0.2) is 11.6 Å². The van der Waals surface area contributed by atoms with Gasteiger partial charge in [0, 0.05) is 5.92 Å². The van der Waals surface area contributed by atoms with Crippen LogP contribution in [0, 0.1) is 59.2 Å². The Morgan fingerprint density at radius 1 is 0.800 bits per heavy atom. The van der Waals surface area contributed by atoms with Gasteiger partial charge in [-0.2, -0.15) is 0 Å². The molecule has 0 spiro atoms. The number of hydrogen-bond donors (Lipinski definition) is 0. The van der Waals surface area contributed by atoms with Gasteiger partial charge in [-0.25, -0.2) is 0 Å². The quantitative estimate of drug-likeness (QED) is 0.649. The van der Waals surface area contributed by atoms with Gasteiger partial charge in [0.05, 0.1) is 5.92 Å². The monoisotopic (exact) mass is 344 g/mol. The van der Waals surface area contributed by atoms with Crippen LogP contribution in [0.2, 0.25) is 0 Å². The maximum atomic E-state index is 13.1. The first kappa shape index (κ1) is 16.6. The Morgan fingerprint density at radius 3 is 1.92 bits per heavy atom. The van der Waals surface area contributed by atoms with Gasteiger partial charge in [-0.15, -0.1) is 0 Å². The Morgan fingerprint density at radius 2 is 1.40 bits per heavy atom. The molecule has 6 aliphatic rings.